The largest absolute Gasteiger partial charge is 0.103 e. The van der Waals surface area contributed by atoms with Gasteiger partial charge >= 0.3 is 0 Å². The monoisotopic (exact) mass is 238 g/mol. The maximum Gasteiger partial charge on any atom is -0.0328 e. The molecule has 0 bridgehead atoms. The molecular formula is C17H34. The first-order valence-electron chi connectivity index (χ1n) is 7.71. The summed E-state index contributed by atoms with van der Waals surface area (Å²) in [6.45, 7) is 13.3. The average molecular weight is 238 g/mol. The van der Waals surface area contributed by atoms with Crippen molar-refractivity contribution in [2.45, 2.75) is 79.1 Å². The van der Waals surface area contributed by atoms with Gasteiger partial charge in [0.05, 0.1) is 0 Å². The van der Waals surface area contributed by atoms with Gasteiger partial charge in [0.15, 0.2) is 0 Å². The fraction of sp³-hybridized carbons (Fsp3) is 0.882. The second kappa shape index (κ2) is 10.9. The minimum Gasteiger partial charge on any atom is -0.103 e. The topological polar surface area (TPSA) is 0 Å². The SMILES string of the molecule is C=CCC(C)CCCC(C)CCCC(C)CC. The van der Waals surface area contributed by atoms with E-state index in [-0.39, 0.29) is 0 Å². The van der Waals surface area contributed by atoms with Crippen LogP contribution in [-0.2, 0) is 0 Å². The third-order valence-electron chi connectivity index (χ3n) is 4.05. The molecule has 0 heteroatoms. The first kappa shape index (κ1) is 16.7. The smallest absolute Gasteiger partial charge is 0.0328 e. The predicted octanol–water partition coefficient (Wildman–Crippen LogP) is 6.22. The molecule has 3 unspecified atom stereocenters. The lowest BCUT2D eigenvalue weighted by Gasteiger charge is -2.14. The summed E-state index contributed by atoms with van der Waals surface area (Å²) in [6.07, 6.45) is 13.1. The van der Waals surface area contributed by atoms with Crippen molar-refractivity contribution in [1.29, 1.82) is 0 Å². The molecule has 17 heavy (non-hydrogen) atoms. The molecular weight excluding hydrogens is 204 g/mol. The van der Waals surface area contributed by atoms with Crippen LogP contribution in [0.25, 0.3) is 0 Å². The Morgan fingerprint density at radius 1 is 0.824 bits per heavy atom. The summed E-state index contributed by atoms with van der Waals surface area (Å²) in [5.74, 6) is 2.68. The standard InChI is InChI=1S/C17H34/c1-6-10-16(4)12-9-14-17(5)13-8-11-15(3)7-2/h6,15-17H,1,7-14H2,2-5H3. The number of hydrogen-bond acceptors (Lipinski definition) is 0. The summed E-state index contributed by atoms with van der Waals surface area (Å²) in [4.78, 5) is 0. The number of hydrogen-bond donors (Lipinski definition) is 0. The fourth-order valence-electron chi connectivity index (χ4n) is 2.38. The van der Waals surface area contributed by atoms with Gasteiger partial charge in [-0.2, -0.15) is 0 Å². The Kier molecular flexibility index (Phi) is 10.7. The van der Waals surface area contributed by atoms with E-state index in [1.807, 2.05) is 0 Å². The Morgan fingerprint density at radius 2 is 1.29 bits per heavy atom. The van der Waals surface area contributed by atoms with Crippen LogP contribution in [0.4, 0.5) is 0 Å². The average Bonchev–Trinajstić information content (AvgIpc) is 2.29. The Balaban J connectivity index is 3.40. The molecule has 0 rings (SSSR count). The van der Waals surface area contributed by atoms with Crippen molar-refractivity contribution >= 4 is 0 Å². The van der Waals surface area contributed by atoms with Crippen molar-refractivity contribution in [3.05, 3.63) is 12.7 Å². The van der Waals surface area contributed by atoms with E-state index in [9.17, 15) is 0 Å². The van der Waals surface area contributed by atoms with E-state index in [1.54, 1.807) is 0 Å². The molecule has 3 atom stereocenters. The van der Waals surface area contributed by atoms with Gasteiger partial charge in [-0.1, -0.05) is 78.7 Å². The molecule has 0 spiro atoms. The summed E-state index contributed by atoms with van der Waals surface area (Å²) < 4.78 is 0. The van der Waals surface area contributed by atoms with Gasteiger partial charge in [0.2, 0.25) is 0 Å². The van der Waals surface area contributed by atoms with Crippen molar-refractivity contribution < 1.29 is 0 Å². The molecule has 0 aliphatic rings. The zero-order valence-corrected chi connectivity index (χ0v) is 12.7. The first-order valence-corrected chi connectivity index (χ1v) is 7.71. The van der Waals surface area contributed by atoms with E-state index in [2.05, 4.69) is 40.3 Å². The van der Waals surface area contributed by atoms with Crippen molar-refractivity contribution in [2.75, 3.05) is 0 Å². The third-order valence-corrected chi connectivity index (χ3v) is 4.05. The van der Waals surface area contributed by atoms with Crippen LogP contribution in [0.3, 0.4) is 0 Å². The van der Waals surface area contributed by atoms with Crippen LogP contribution in [-0.4, -0.2) is 0 Å². The summed E-state index contributed by atoms with van der Waals surface area (Å²) >= 11 is 0. The van der Waals surface area contributed by atoms with Crippen LogP contribution >= 0.6 is 0 Å². The molecule has 0 aliphatic carbocycles. The maximum absolute atomic E-state index is 3.81. The van der Waals surface area contributed by atoms with Crippen molar-refractivity contribution in [2.24, 2.45) is 17.8 Å². The molecule has 0 saturated carbocycles. The lowest BCUT2D eigenvalue weighted by Crippen LogP contribution is -2.00. The van der Waals surface area contributed by atoms with Gasteiger partial charge in [-0.25, -0.2) is 0 Å². The van der Waals surface area contributed by atoms with Crippen molar-refractivity contribution in [1.82, 2.24) is 0 Å². The lowest BCUT2D eigenvalue weighted by molar-refractivity contribution is 0.392. The molecule has 0 radical (unpaired) electrons. The highest BCUT2D eigenvalue weighted by Gasteiger charge is 2.06. The zero-order valence-electron chi connectivity index (χ0n) is 12.7. The Hall–Kier alpha value is -0.260. The molecule has 0 fully saturated rings. The maximum atomic E-state index is 3.81. The summed E-state index contributed by atoms with van der Waals surface area (Å²) in [5.41, 5.74) is 0. The van der Waals surface area contributed by atoms with Gasteiger partial charge in [-0.3, -0.25) is 0 Å². The predicted molar refractivity (Wildman–Crippen MR) is 80.3 cm³/mol. The van der Waals surface area contributed by atoms with Gasteiger partial charge in [0.1, 0.15) is 0 Å². The molecule has 0 heterocycles. The van der Waals surface area contributed by atoms with E-state index in [4.69, 9.17) is 0 Å². The highest BCUT2D eigenvalue weighted by Crippen LogP contribution is 2.21. The van der Waals surface area contributed by atoms with E-state index >= 15 is 0 Å². The molecule has 0 nitrogen and oxygen atoms in total. The van der Waals surface area contributed by atoms with Crippen LogP contribution in [0.2, 0.25) is 0 Å². The molecule has 0 saturated heterocycles. The summed E-state index contributed by atoms with van der Waals surface area (Å²) in [6, 6.07) is 0. The molecule has 0 aromatic rings. The van der Waals surface area contributed by atoms with Crippen LogP contribution in [0.1, 0.15) is 79.1 Å². The second-order valence-corrected chi connectivity index (χ2v) is 6.11. The normalized spacial score (nSPS) is 16.5. The van der Waals surface area contributed by atoms with Gasteiger partial charge in [0.25, 0.3) is 0 Å². The van der Waals surface area contributed by atoms with E-state index < -0.39 is 0 Å². The molecule has 0 aliphatic heterocycles. The van der Waals surface area contributed by atoms with Gasteiger partial charge in [-0.05, 0) is 24.2 Å². The Labute approximate surface area is 110 Å². The Morgan fingerprint density at radius 3 is 1.76 bits per heavy atom. The highest BCUT2D eigenvalue weighted by atomic mass is 14.1. The third kappa shape index (κ3) is 10.6. The minimum atomic E-state index is 0.833. The van der Waals surface area contributed by atoms with Crippen molar-refractivity contribution in [3.63, 3.8) is 0 Å². The first-order chi connectivity index (χ1) is 8.10. The quantitative estimate of drug-likeness (QED) is 0.375. The molecule has 102 valence electrons. The van der Waals surface area contributed by atoms with E-state index in [1.165, 1.54) is 51.4 Å². The van der Waals surface area contributed by atoms with Crippen LogP contribution in [0, 0.1) is 17.8 Å². The second-order valence-electron chi connectivity index (χ2n) is 6.11. The van der Waals surface area contributed by atoms with Gasteiger partial charge in [0, 0.05) is 0 Å². The fourth-order valence-corrected chi connectivity index (χ4v) is 2.38. The molecule has 0 amide bonds. The number of allylic oxidation sites excluding steroid dienone is 1. The highest BCUT2D eigenvalue weighted by molar-refractivity contribution is 4.70. The molecule has 0 aromatic heterocycles. The minimum absolute atomic E-state index is 0.833. The summed E-state index contributed by atoms with van der Waals surface area (Å²) in [7, 11) is 0. The lowest BCUT2D eigenvalue weighted by atomic mass is 9.92. The van der Waals surface area contributed by atoms with Gasteiger partial charge < -0.3 is 0 Å². The zero-order chi connectivity index (χ0) is 13.1. The summed E-state index contributed by atoms with van der Waals surface area (Å²) in [5, 5.41) is 0. The number of rotatable bonds is 11. The van der Waals surface area contributed by atoms with Crippen LogP contribution in [0.15, 0.2) is 12.7 Å². The van der Waals surface area contributed by atoms with E-state index in [0.717, 1.165) is 17.8 Å². The van der Waals surface area contributed by atoms with Crippen LogP contribution < -0.4 is 0 Å². The Bertz CT molecular complexity index is 171. The van der Waals surface area contributed by atoms with Crippen molar-refractivity contribution in [3.8, 4) is 0 Å². The molecule has 0 aromatic carbocycles. The van der Waals surface area contributed by atoms with Gasteiger partial charge in [-0.15, -0.1) is 6.58 Å². The molecule has 0 N–H and O–H groups in total. The van der Waals surface area contributed by atoms with E-state index in [0.29, 0.717) is 0 Å². The van der Waals surface area contributed by atoms with Crippen LogP contribution in [0.5, 0.6) is 0 Å².